The lowest BCUT2D eigenvalue weighted by Gasteiger charge is -2.49. The molecule has 1 saturated heterocycles. The van der Waals surface area contributed by atoms with Gasteiger partial charge in [-0.25, -0.2) is 0 Å². The van der Waals surface area contributed by atoms with E-state index in [1.807, 2.05) is 24.3 Å². The molecule has 120 valence electrons. The number of benzene rings is 2. The van der Waals surface area contributed by atoms with Crippen molar-refractivity contribution in [1.82, 2.24) is 9.80 Å². The van der Waals surface area contributed by atoms with E-state index < -0.39 is 0 Å². The normalized spacial score (nSPS) is 24.8. The van der Waals surface area contributed by atoms with Gasteiger partial charge in [-0.1, -0.05) is 48.5 Å². The van der Waals surface area contributed by atoms with Crippen molar-refractivity contribution in [3.8, 4) is 0 Å². The SMILES string of the molecule is O=C1[C@@H]2Cc3ccccc3CN2C(=O)[C@@H]2Cc3ccccc3CN12. The molecule has 0 radical (unpaired) electrons. The lowest BCUT2D eigenvalue weighted by atomic mass is 9.85. The highest BCUT2D eigenvalue weighted by Crippen LogP contribution is 2.34. The Morgan fingerprint density at radius 1 is 0.625 bits per heavy atom. The summed E-state index contributed by atoms with van der Waals surface area (Å²) in [6.07, 6.45) is 1.26. The lowest BCUT2D eigenvalue weighted by Crippen LogP contribution is -2.67. The zero-order valence-corrected chi connectivity index (χ0v) is 13.3. The van der Waals surface area contributed by atoms with Crippen molar-refractivity contribution < 1.29 is 9.59 Å². The van der Waals surface area contributed by atoms with Crippen LogP contribution in [0.15, 0.2) is 48.5 Å². The van der Waals surface area contributed by atoms with Crippen LogP contribution in [0.1, 0.15) is 22.3 Å². The zero-order chi connectivity index (χ0) is 16.3. The van der Waals surface area contributed by atoms with E-state index in [0.29, 0.717) is 25.9 Å². The number of rotatable bonds is 0. The van der Waals surface area contributed by atoms with Gasteiger partial charge in [0.2, 0.25) is 11.8 Å². The number of carbonyl (C=O) groups is 2. The first-order valence-electron chi connectivity index (χ1n) is 8.47. The van der Waals surface area contributed by atoms with Gasteiger partial charge in [0, 0.05) is 25.9 Å². The predicted octanol–water partition coefficient (Wildman–Crippen LogP) is 1.91. The van der Waals surface area contributed by atoms with E-state index in [4.69, 9.17) is 0 Å². The number of fused-ring (bicyclic) bond motifs is 4. The Bertz CT molecular complexity index is 723. The number of hydrogen-bond acceptors (Lipinski definition) is 2. The topological polar surface area (TPSA) is 40.6 Å². The number of piperazine rings is 1. The van der Waals surface area contributed by atoms with E-state index in [9.17, 15) is 9.59 Å². The Morgan fingerprint density at radius 3 is 1.42 bits per heavy atom. The number of nitrogens with zero attached hydrogens (tertiary/aromatic N) is 2. The third-order valence-corrected chi connectivity index (χ3v) is 5.63. The molecule has 1 fully saturated rings. The smallest absolute Gasteiger partial charge is 0.246 e. The van der Waals surface area contributed by atoms with Crippen molar-refractivity contribution in [2.45, 2.75) is 38.0 Å². The summed E-state index contributed by atoms with van der Waals surface area (Å²) in [6.45, 7) is 1.11. The van der Waals surface area contributed by atoms with Gasteiger partial charge in [-0.05, 0) is 22.3 Å². The average Bonchev–Trinajstić information content (AvgIpc) is 2.64. The molecule has 3 heterocycles. The molecular weight excluding hydrogens is 300 g/mol. The van der Waals surface area contributed by atoms with Gasteiger partial charge in [0.25, 0.3) is 0 Å². The third kappa shape index (κ3) is 1.86. The maximum atomic E-state index is 13.1. The summed E-state index contributed by atoms with van der Waals surface area (Å²) in [5.74, 6) is 0.201. The average molecular weight is 318 g/mol. The standard InChI is InChI=1S/C20H18N2O2/c23-19-17-9-13-5-1-3-7-15(13)11-21(17)20(24)18-10-14-6-2-4-8-16(14)12-22(18)19/h1-8,17-18H,9-12H2/t17-,18-/m0/s1. The molecule has 2 atom stereocenters. The second kappa shape index (κ2) is 4.94. The molecule has 2 amide bonds. The number of amides is 2. The fraction of sp³-hybridized carbons (Fsp3) is 0.300. The van der Waals surface area contributed by atoms with E-state index in [1.54, 1.807) is 9.80 Å². The minimum atomic E-state index is -0.339. The second-order valence-corrected chi connectivity index (χ2v) is 6.91. The second-order valence-electron chi connectivity index (χ2n) is 6.91. The summed E-state index contributed by atoms with van der Waals surface area (Å²) in [7, 11) is 0. The first-order chi connectivity index (χ1) is 11.7. The van der Waals surface area contributed by atoms with Crippen LogP contribution in [0.3, 0.4) is 0 Å². The molecule has 2 aromatic carbocycles. The molecule has 0 aromatic heterocycles. The molecule has 0 bridgehead atoms. The number of carbonyl (C=O) groups excluding carboxylic acids is 2. The van der Waals surface area contributed by atoms with Gasteiger partial charge < -0.3 is 9.80 Å². The fourth-order valence-corrected chi connectivity index (χ4v) is 4.33. The van der Waals surface area contributed by atoms with Crippen LogP contribution >= 0.6 is 0 Å². The number of hydrogen-bond donors (Lipinski definition) is 0. The van der Waals surface area contributed by atoms with Gasteiger partial charge in [-0.15, -0.1) is 0 Å². The van der Waals surface area contributed by atoms with Gasteiger partial charge in [-0.2, -0.15) is 0 Å². The van der Waals surface area contributed by atoms with Gasteiger partial charge in [-0.3, -0.25) is 9.59 Å². The van der Waals surface area contributed by atoms with E-state index in [0.717, 1.165) is 0 Å². The van der Waals surface area contributed by atoms with Gasteiger partial charge in [0.15, 0.2) is 0 Å². The van der Waals surface area contributed by atoms with Crippen molar-refractivity contribution in [2.24, 2.45) is 0 Å². The summed E-state index contributed by atoms with van der Waals surface area (Å²) in [4.78, 5) is 29.8. The van der Waals surface area contributed by atoms with Crippen molar-refractivity contribution in [1.29, 1.82) is 0 Å². The highest BCUT2D eigenvalue weighted by molar-refractivity contribution is 5.98. The van der Waals surface area contributed by atoms with Crippen LogP contribution in [0.25, 0.3) is 0 Å². The van der Waals surface area contributed by atoms with Crippen LogP contribution in [0, 0.1) is 0 Å². The van der Waals surface area contributed by atoms with Crippen LogP contribution in [-0.4, -0.2) is 33.7 Å². The Hall–Kier alpha value is -2.62. The minimum absolute atomic E-state index is 0.101. The van der Waals surface area contributed by atoms with E-state index in [1.165, 1.54) is 22.3 Å². The Labute approximate surface area is 140 Å². The highest BCUT2D eigenvalue weighted by Gasteiger charge is 2.48. The van der Waals surface area contributed by atoms with Crippen LogP contribution in [0.4, 0.5) is 0 Å². The summed E-state index contributed by atoms with van der Waals surface area (Å²) < 4.78 is 0. The molecule has 4 heteroatoms. The van der Waals surface area contributed by atoms with Crippen LogP contribution in [-0.2, 0) is 35.5 Å². The van der Waals surface area contributed by atoms with E-state index in [2.05, 4.69) is 24.3 Å². The van der Waals surface area contributed by atoms with Crippen molar-refractivity contribution in [2.75, 3.05) is 0 Å². The molecule has 0 unspecified atom stereocenters. The molecule has 24 heavy (non-hydrogen) atoms. The summed E-state index contributed by atoms with van der Waals surface area (Å²) in [5, 5.41) is 0. The van der Waals surface area contributed by atoms with Crippen LogP contribution < -0.4 is 0 Å². The highest BCUT2D eigenvalue weighted by atomic mass is 16.2. The molecule has 2 aromatic rings. The van der Waals surface area contributed by atoms with Crippen molar-refractivity contribution in [3.63, 3.8) is 0 Å². The van der Waals surface area contributed by atoms with E-state index >= 15 is 0 Å². The third-order valence-electron chi connectivity index (χ3n) is 5.63. The Morgan fingerprint density at radius 2 is 1.00 bits per heavy atom. The van der Waals surface area contributed by atoms with Gasteiger partial charge in [0.05, 0.1) is 0 Å². The molecule has 0 aliphatic carbocycles. The molecule has 0 N–H and O–H groups in total. The molecule has 3 aliphatic heterocycles. The van der Waals surface area contributed by atoms with Gasteiger partial charge >= 0.3 is 0 Å². The first kappa shape index (κ1) is 13.8. The maximum Gasteiger partial charge on any atom is 0.246 e. The van der Waals surface area contributed by atoms with Crippen LogP contribution in [0.2, 0.25) is 0 Å². The van der Waals surface area contributed by atoms with Gasteiger partial charge in [0.1, 0.15) is 12.1 Å². The molecule has 0 spiro atoms. The summed E-state index contributed by atoms with van der Waals surface area (Å²) in [5.41, 5.74) is 4.71. The molecular formula is C20H18N2O2. The molecule has 5 rings (SSSR count). The van der Waals surface area contributed by atoms with Crippen molar-refractivity contribution >= 4 is 11.8 Å². The van der Waals surface area contributed by atoms with Crippen molar-refractivity contribution in [3.05, 3.63) is 70.8 Å². The quantitative estimate of drug-likeness (QED) is 0.744. The van der Waals surface area contributed by atoms with E-state index in [-0.39, 0.29) is 23.9 Å². The zero-order valence-electron chi connectivity index (χ0n) is 13.3. The largest absolute Gasteiger partial charge is 0.324 e. The maximum absolute atomic E-state index is 13.1. The monoisotopic (exact) mass is 318 g/mol. The summed E-state index contributed by atoms with van der Waals surface area (Å²) >= 11 is 0. The summed E-state index contributed by atoms with van der Waals surface area (Å²) in [6, 6.07) is 15.6. The molecule has 3 aliphatic rings. The van der Waals surface area contributed by atoms with Crippen LogP contribution in [0.5, 0.6) is 0 Å². The fourth-order valence-electron chi connectivity index (χ4n) is 4.33. The molecule has 0 saturated carbocycles. The Kier molecular flexibility index (Phi) is 2.84. The lowest BCUT2D eigenvalue weighted by molar-refractivity contribution is -0.164. The molecule has 4 nitrogen and oxygen atoms in total. The first-order valence-corrected chi connectivity index (χ1v) is 8.47. The Balaban J connectivity index is 1.54. The minimum Gasteiger partial charge on any atom is -0.324 e. The predicted molar refractivity (Wildman–Crippen MR) is 89.0 cm³/mol.